The lowest BCUT2D eigenvalue weighted by Crippen LogP contribution is -2.48. The summed E-state index contributed by atoms with van der Waals surface area (Å²) in [5.41, 5.74) is 2.35. The molecule has 1 saturated heterocycles. The van der Waals surface area contributed by atoms with Gasteiger partial charge in [-0.3, -0.25) is 9.78 Å². The molecular formula is C19H19N5O3. The summed E-state index contributed by atoms with van der Waals surface area (Å²) in [5, 5.41) is 18.6. The molecule has 3 aromatic rings. The topological polar surface area (TPSA) is 101 Å². The van der Waals surface area contributed by atoms with Gasteiger partial charge in [0.15, 0.2) is 5.69 Å². The van der Waals surface area contributed by atoms with Crippen molar-refractivity contribution in [2.75, 3.05) is 6.54 Å². The number of hydrogen-bond acceptors (Lipinski definition) is 5. The second kappa shape index (κ2) is 6.79. The zero-order chi connectivity index (χ0) is 19.0. The van der Waals surface area contributed by atoms with Gasteiger partial charge in [0.2, 0.25) is 0 Å². The van der Waals surface area contributed by atoms with E-state index >= 15 is 0 Å². The lowest BCUT2D eigenvalue weighted by Gasteiger charge is -2.32. The summed E-state index contributed by atoms with van der Waals surface area (Å²) in [7, 11) is 0. The van der Waals surface area contributed by atoms with Crippen molar-refractivity contribution in [1.29, 1.82) is 0 Å². The number of nitrogens with zero attached hydrogens (tertiary/aromatic N) is 5. The molecule has 0 bridgehead atoms. The Labute approximate surface area is 155 Å². The molecule has 1 aliphatic heterocycles. The number of carboxylic acid groups (broad SMARTS) is 1. The predicted molar refractivity (Wildman–Crippen MR) is 97.7 cm³/mol. The normalized spacial score (nSPS) is 17.2. The number of hydrogen-bond donors (Lipinski definition) is 1. The van der Waals surface area contributed by atoms with Crippen LogP contribution in [-0.2, 0) is 4.79 Å². The van der Waals surface area contributed by atoms with Crippen LogP contribution in [0.5, 0.6) is 0 Å². The minimum atomic E-state index is -0.978. The zero-order valence-electron chi connectivity index (χ0n) is 14.9. The summed E-state index contributed by atoms with van der Waals surface area (Å²) >= 11 is 0. The van der Waals surface area contributed by atoms with Crippen LogP contribution in [0.25, 0.3) is 16.6 Å². The van der Waals surface area contributed by atoms with Crippen molar-refractivity contribution in [2.24, 2.45) is 0 Å². The van der Waals surface area contributed by atoms with Crippen LogP contribution in [0.4, 0.5) is 0 Å². The number of aliphatic carboxylic acids is 1. The quantitative estimate of drug-likeness (QED) is 0.764. The van der Waals surface area contributed by atoms with E-state index in [4.69, 9.17) is 0 Å². The van der Waals surface area contributed by atoms with E-state index < -0.39 is 12.0 Å². The molecule has 0 spiro atoms. The van der Waals surface area contributed by atoms with E-state index in [9.17, 15) is 14.7 Å². The van der Waals surface area contributed by atoms with Crippen molar-refractivity contribution in [3.8, 4) is 5.69 Å². The van der Waals surface area contributed by atoms with Gasteiger partial charge in [-0.1, -0.05) is 11.3 Å². The number of rotatable bonds is 3. The molecule has 0 aliphatic carbocycles. The first kappa shape index (κ1) is 17.1. The van der Waals surface area contributed by atoms with Gasteiger partial charge in [0.1, 0.15) is 6.04 Å². The fraction of sp³-hybridized carbons (Fsp3) is 0.316. The van der Waals surface area contributed by atoms with E-state index in [0.717, 1.165) is 29.4 Å². The average molecular weight is 365 g/mol. The number of amides is 1. The molecule has 0 radical (unpaired) electrons. The standard InChI is InChI=1S/C19H19N5O3/c1-12-17(18(25)23-11-3-2-8-16(23)19(26)27)21-22-24(12)15-9-4-7-14-13(15)6-5-10-20-14/h4-7,9-10,16H,2-3,8,11H2,1H3,(H,26,27)/t16-/m1/s1. The smallest absolute Gasteiger partial charge is 0.326 e. The van der Waals surface area contributed by atoms with E-state index in [2.05, 4.69) is 15.3 Å². The Balaban J connectivity index is 1.74. The summed E-state index contributed by atoms with van der Waals surface area (Å²) in [6.45, 7) is 2.18. The Hall–Kier alpha value is -3.29. The number of fused-ring (bicyclic) bond motifs is 1. The molecule has 138 valence electrons. The Bertz CT molecular complexity index is 1020. The Morgan fingerprint density at radius 2 is 2.04 bits per heavy atom. The van der Waals surface area contributed by atoms with Gasteiger partial charge >= 0.3 is 5.97 Å². The summed E-state index contributed by atoms with van der Waals surface area (Å²) in [6, 6.07) is 8.64. The number of carbonyl (C=O) groups excluding carboxylic acids is 1. The minimum Gasteiger partial charge on any atom is -0.480 e. The van der Waals surface area contributed by atoms with Crippen molar-refractivity contribution < 1.29 is 14.7 Å². The minimum absolute atomic E-state index is 0.184. The number of carboxylic acids is 1. The molecule has 1 N–H and O–H groups in total. The van der Waals surface area contributed by atoms with Crippen molar-refractivity contribution in [2.45, 2.75) is 32.2 Å². The Morgan fingerprint density at radius 1 is 1.19 bits per heavy atom. The lowest BCUT2D eigenvalue weighted by molar-refractivity contribution is -0.143. The maximum absolute atomic E-state index is 13.0. The Morgan fingerprint density at radius 3 is 2.85 bits per heavy atom. The number of likely N-dealkylation sites (tertiary alicyclic amines) is 1. The van der Waals surface area contributed by atoms with Crippen LogP contribution in [0.15, 0.2) is 36.5 Å². The van der Waals surface area contributed by atoms with Crippen LogP contribution in [0.3, 0.4) is 0 Å². The molecule has 1 atom stereocenters. The van der Waals surface area contributed by atoms with Crippen molar-refractivity contribution >= 4 is 22.8 Å². The molecular weight excluding hydrogens is 346 g/mol. The van der Waals surface area contributed by atoms with Gasteiger partial charge in [-0.05, 0) is 50.5 Å². The molecule has 0 unspecified atom stereocenters. The molecule has 27 heavy (non-hydrogen) atoms. The van der Waals surface area contributed by atoms with Crippen LogP contribution in [0.1, 0.15) is 35.4 Å². The molecule has 8 heteroatoms. The van der Waals surface area contributed by atoms with Gasteiger partial charge < -0.3 is 10.0 Å². The molecule has 2 aromatic heterocycles. The number of benzene rings is 1. The number of pyridine rings is 1. The maximum atomic E-state index is 13.0. The summed E-state index contributed by atoms with van der Waals surface area (Å²) in [5.74, 6) is -1.36. The van der Waals surface area contributed by atoms with Gasteiger partial charge in [-0.25, -0.2) is 9.48 Å². The van der Waals surface area contributed by atoms with Crippen molar-refractivity contribution in [3.05, 3.63) is 47.9 Å². The molecule has 1 aliphatic rings. The van der Waals surface area contributed by atoms with Gasteiger partial charge in [0.05, 0.1) is 16.9 Å². The first-order chi connectivity index (χ1) is 13.1. The lowest BCUT2D eigenvalue weighted by atomic mass is 10.0. The number of carbonyl (C=O) groups is 2. The molecule has 4 rings (SSSR count). The molecule has 3 heterocycles. The highest BCUT2D eigenvalue weighted by atomic mass is 16.4. The largest absolute Gasteiger partial charge is 0.480 e. The third kappa shape index (κ3) is 2.92. The van der Waals surface area contributed by atoms with Crippen molar-refractivity contribution in [3.63, 3.8) is 0 Å². The fourth-order valence-corrected chi connectivity index (χ4v) is 3.59. The zero-order valence-corrected chi connectivity index (χ0v) is 14.9. The van der Waals surface area contributed by atoms with E-state index in [1.165, 1.54) is 4.90 Å². The summed E-state index contributed by atoms with van der Waals surface area (Å²) in [6.07, 6.45) is 3.77. The van der Waals surface area contributed by atoms with E-state index in [1.807, 2.05) is 30.3 Å². The third-order valence-electron chi connectivity index (χ3n) is 5.00. The monoisotopic (exact) mass is 365 g/mol. The SMILES string of the molecule is Cc1c(C(=O)N2CCCC[C@@H]2C(=O)O)nnn1-c1cccc2ncccc12. The van der Waals surface area contributed by atoms with E-state index in [0.29, 0.717) is 18.7 Å². The van der Waals surface area contributed by atoms with Crippen LogP contribution in [0, 0.1) is 6.92 Å². The average Bonchev–Trinajstić information content (AvgIpc) is 3.08. The van der Waals surface area contributed by atoms with Gasteiger partial charge in [-0.2, -0.15) is 0 Å². The molecule has 0 saturated carbocycles. The summed E-state index contributed by atoms with van der Waals surface area (Å²) < 4.78 is 1.61. The number of piperidine rings is 1. The predicted octanol–water partition coefficient (Wildman–Crippen LogP) is 2.20. The highest BCUT2D eigenvalue weighted by Gasteiger charge is 2.34. The maximum Gasteiger partial charge on any atom is 0.326 e. The second-order valence-electron chi connectivity index (χ2n) is 6.63. The van der Waals surface area contributed by atoms with E-state index in [1.54, 1.807) is 17.8 Å². The first-order valence-electron chi connectivity index (χ1n) is 8.88. The van der Waals surface area contributed by atoms with E-state index in [-0.39, 0.29) is 11.6 Å². The van der Waals surface area contributed by atoms with Crippen LogP contribution < -0.4 is 0 Å². The third-order valence-corrected chi connectivity index (χ3v) is 5.00. The fourth-order valence-electron chi connectivity index (χ4n) is 3.59. The highest BCUT2D eigenvalue weighted by molar-refractivity contribution is 5.96. The first-order valence-corrected chi connectivity index (χ1v) is 8.88. The van der Waals surface area contributed by atoms with Crippen molar-refractivity contribution in [1.82, 2.24) is 24.9 Å². The molecule has 1 fully saturated rings. The second-order valence-corrected chi connectivity index (χ2v) is 6.63. The van der Waals surface area contributed by atoms with Gasteiger partial charge in [-0.15, -0.1) is 5.10 Å². The number of aromatic nitrogens is 4. The van der Waals surface area contributed by atoms with Crippen LogP contribution in [0.2, 0.25) is 0 Å². The van der Waals surface area contributed by atoms with Gasteiger partial charge in [0, 0.05) is 18.1 Å². The molecule has 1 aromatic carbocycles. The molecule has 8 nitrogen and oxygen atoms in total. The van der Waals surface area contributed by atoms with Crippen LogP contribution >= 0.6 is 0 Å². The molecule has 1 amide bonds. The summed E-state index contributed by atoms with van der Waals surface area (Å²) in [4.78, 5) is 30.2. The van der Waals surface area contributed by atoms with Crippen LogP contribution in [-0.4, -0.2) is 54.4 Å². The Kier molecular flexibility index (Phi) is 4.31. The highest BCUT2D eigenvalue weighted by Crippen LogP contribution is 2.24. The van der Waals surface area contributed by atoms with Gasteiger partial charge in [0.25, 0.3) is 5.91 Å².